The van der Waals surface area contributed by atoms with Gasteiger partial charge in [0, 0.05) is 14.1 Å². The number of sulfonamides is 1. The molecular weight excluding hydrogens is 340 g/mol. The van der Waals surface area contributed by atoms with Crippen LogP contribution in [0.15, 0.2) is 47.4 Å². The van der Waals surface area contributed by atoms with E-state index in [9.17, 15) is 13.2 Å². The summed E-state index contributed by atoms with van der Waals surface area (Å²) in [7, 11) is -0.493. The van der Waals surface area contributed by atoms with Gasteiger partial charge in [0.15, 0.2) is 0 Å². The predicted octanol–water partition coefficient (Wildman–Crippen LogP) is 2.91. The minimum atomic E-state index is -3.94. The number of hydrogen-bond donors (Lipinski definition) is 2. The average molecular weight is 355 g/mol. The molecular formula is C15H15ClN2O4S. The molecule has 2 aromatic rings. The zero-order chi connectivity index (χ0) is 17.2. The Labute approximate surface area is 139 Å². The van der Waals surface area contributed by atoms with E-state index in [2.05, 4.69) is 4.72 Å². The van der Waals surface area contributed by atoms with E-state index >= 15 is 0 Å². The number of nitrogens with zero attached hydrogens (tertiary/aromatic N) is 1. The third-order valence-electron chi connectivity index (χ3n) is 3.10. The summed E-state index contributed by atoms with van der Waals surface area (Å²) in [5.41, 5.74) is 0.674. The zero-order valence-electron chi connectivity index (χ0n) is 12.4. The Morgan fingerprint density at radius 1 is 1.17 bits per heavy atom. The van der Waals surface area contributed by atoms with Gasteiger partial charge in [-0.2, -0.15) is 0 Å². The molecule has 23 heavy (non-hydrogen) atoms. The largest absolute Gasteiger partial charge is 0.478 e. The van der Waals surface area contributed by atoms with Crippen LogP contribution in [0.2, 0.25) is 5.02 Å². The van der Waals surface area contributed by atoms with Gasteiger partial charge >= 0.3 is 5.97 Å². The van der Waals surface area contributed by atoms with E-state index in [0.29, 0.717) is 5.69 Å². The van der Waals surface area contributed by atoms with Crippen LogP contribution >= 0.6 is 11.6 Å². The fourth-order valence-corrected chi connectivity index (χ4v) is 3.59. The number of aromatic carboxylic acids is 1. The summed E-state index contributed by atoms with van der Waals surface area (Å²) in [5.74, 6) is -1.14. The van der Waals surface area contributed by atoms with Crippen molar-refractivity contribution in [3.63, 3.8) is 0 Å². The van der Waals surface area contributed by atoms with Crippen LogP contribution in [0.1, 0.15) is 10.4 Å². The number of carboxylic acid groups (broad SMARTS) is 1. The Kier molecular flexibility index (Phi) is 4.82. The molecule has 0 spiro atoms. The molecule has 0 radical (unpaired) electrons. The van der Waals surface area contributed by atoms with E-state index in [1.165, 1.54) is 30.3 Å². The Bertz CT molecular complexity index is 850. The highest BCUT2D eigenvalue weighted by Crippen LogP contribution is 2.30. The molecule has 0 aliphatic heterocycles. The summed E-state index contributed by atoms with van der Waals surface area (Å²) in [6.45, 7) is 0. The molecule has 0 heterocycles. The molecule has 0 amide bonds. The van der Waals surface area contributed by atoms with Gasteiger partial charge in [0.2, 0.25) is 0 Å². The molecule has 2 N–H and O–H groups in total. The molecule has 0 saturated heterocycles. The first-order chi connectivity index (χ1) is 10.7. The van der Waals surface area contributed by atoms with Gasteiger partial charge in [0.25, 0.3) is 10.0 Å². The van der Waals surface area contributed by atoms with Gasteiger partial charge in [-0.3, -0.25) is 4.72 Å². The standard InChI is InChI=1S/C15H15ClN2O4S/c1-18(2)13-8-7-10(15(19)20)9-12(13)17-23(21,22)14-6-4-3-5-11(14)16/h3-9,17H,1-2H3,(H,19,20). The fourth-order valence-electron chi connectivity index (χ4n) is 2.00. The van der Waals surface area contributed by atoms with Crippen molar-refractivity contribution in [2.24, 2.45) is 0 Å². The Morgan fingerprint density at radius 2 is 1.83 bits per heavy atom. The molecule has 0 fully saturated rings. The van der Waals surface area contributed by atoms with Gasteiger partial charge in [0.05, 0.1) is 22.0 Å². The molecule has 8 heteroatoms. The lowest BCUT2D eigenvalue weighted by Gasteiger charge is -2.19. The van der Waals surface area contributed by atoms with Crippen LogP contribution in [-0.4, -0.2) is 33.6 Å². The highest BCUT2D eigenvalue weighted by atomic mass is 35.5. The second-order valence-corrected chi connectivity index (χ2v) is 7.03. The fraction of sp³-hybridized carbons (Fsp3) is 0.133. The Hall–Kier alpha value is -2.25. The second-order valence-electron chi connectivity index (χ2n) is 4.97. The topological polar surface area (TPSA) is 86.7 Å². The number of carbonyl (C=O) groups is 1. The molecule has 0 unspecified atom stereocenters. The maximum absolute atomic E-state index is 12.5. The lowest BCUT2D eigenvalue weighted by Crippen LogP contribution is -2.18. The number of rotatable bonds is 5. The molecule has 0 aliphatic carbocycles. The zero-order valence-corrected chi connectivity index (χ0v) is 14.0. The third-order valence-corrected chi connectivity index (χ3v) is 4.96. The molecule has 0 saturated carbocycles. The van der Waals surface area contributed by atoms with Crippen molar-refractivity contribution >= 4 is 39.0 Å². The predicted molar refractivity (Wildman–Crippen MR) is 90.0 cm³/mol. The second kappa shape index (κ2) is 6.47. The van der Waals surface area contributed by atoms with Crippen LogP contribution in [0.4, 0.5) is 11.4 Å². The monoisotopic (exact) mass is 354 g/mol. The quantitative estimate of drug-likeness (QED) is 0.862. The van der Waals surface area contributed by atoms with Gasteiger partial charge in [-0.25, -0.2) is 13.2 Å². The lowest BCUT2D eigenvalue weighted by molar-refractivity contribution is 0.0697. The molecule has 0 aromatic heterocycles. The minimum absolute atomic E-state index is 0.0209. The van der Waals surface area contributed by atoms with Crippen molar-refractivity contribution in [3.05, 3.63) is 53.1 Å². The molecule has 6 nitrogen and oxygen atoms in total. The van der Waals surface area contributed by atoms with Crippen molar-refractivity contribution in [1.82, 2.24) is 0 Å². The molecule has 0 bridgehead atoms. The molecule has 122 valence electrons. The Balaban J connectivity index is 2.52. The van der Waals surface area contributed by atoms with E-state index < -0.39 is 16.0 Å². The van der Waals surface area contributed by atoms with E-state index in [-0.39, 0.29) is 21.2 Å². The van der Waals surface area contributed by atoms with Crippen LogP contribution in [-0.2, 0) is 10.0 Å². The SMILES string of the molecule is CN(C)c1ccc(C(=O)O)cc1NS(=O)(=O)c1ccccc1Cl. The van der Waals surface area contributed by atoms with Crippen LogP contribution < -0.4 is 9.62 Å². The van der Waals surface area contributed by atoms with Gasteiger partial charge in [-0.1, -0.05) is 23.7 Å². The smallest absolute Gasteiger partial charge is 0.335 e. The van der Waals surface area contributed by atoms with Crippen LogP contribution in [0.3, 0.4) is 0 Å². The van der Waals surface area contributed by atoms with Gasteiger partial charge in [0.1, 0.15) is 4.90 Å². The molecule has 0 aliphatic rings. The lowest BCUT2D eigenvalue weighted by atomic mass is 10.1. The van der Waals surface area contributed by atoms with Crippen molar-refractivity contribution in [1.29, 1.82) is 0 Å². The number of hydrogen-bond acceptors (Lipinski definition) is 4. The number of benzene rings is 2. The summed E-state index contributed by atoms with van der Waals surface area (Å²) in [4.78, 5) is 12.7. The number of anilines is 2. The van der Waals surface area contributed by atoms with Crippen LogP contribution in [0.5, 0.6) is 0 Å². The highest BCUT2D eigenvalue weighted by molar-refractivity contribution is 7.92. The van der Waals surface area contributed by atoms with Crippen LogP contribution in [0.25, 0.3) is 0 Å². The first-order valence-corrected chi connectivity index (χ1v) is 8.40. The molecule has 2 rings (SSSR count). The van der Waals surface area contributed by atoms with E-state index in [1.54, 1.807) is 31.1 Å². The van der Waals surface area contributed by atoms with Gasteiger partial charge in [-0.05, 0) is 30.3 Å². The van der Waals surface area contributed by atoms with E-state index in [4.69, 9.17) is 16.7 Å². The average Bonchev–Trinajstić information content (AvgIpc) is 2.46. The Morgan fingerprint density at radius 3 is 2.39 bits per heavy atom. The van der Waals surface area contributed by atoms with Crippen molar-refractivity contribution in [2.75, 3.05) is 23.7 Å². The third kappa shape index (κ3) is 3.75. The number of carboxylic acids is 1. The maximum atomic E-state index is 12.5. The van der Waals surface area contributed by atoms with E-state index in [0.717, 1.165) is 0 Å². The minimum Gasteiger partial charge on any atom is -0.478 e. The summed E-state index contributed by atoms with van der Waals surface area (Å²) in [5, 5.41) is 9.17. The van der Waals surface area contributed by atoms with Crippen molar-refractivity contribution in [3.8, 4) is 0 Å². The van der Waals surface area contributed by atoms with Gasteiger partial charge < -0.3 is 10.0 Å². The first-order valence-electron chi connectivity index (χ1n) is 6.54. The highest BCUT2D eigenvalue weighted by Gasteiger charge is 2.20. The molecule has 0 atom stereocenters. The number of nitrogens with one attached hydrogen (secondary N) is 1. The van der Waals surface area contributed by atoms with Crippen LogP contribution in [0, 0.1) is 0 Å². The van der Waals surface area contributed by atoms with Crippen molar-refractivity contribution < 1.29 is 18.3 Å². The van der Waals surface area contributed by atoms with Gasteiger partial charge in [-0.15, -0.1) is 0 Å². The van der Waals surface area contributed by atoms with E-state index in [1.807, 2.05) is 0 Å². The maximum Gasteiger partial charge on any atom is 0.335 e. The first kappa shape index (κ1) is 17.1. The normalized spacial score (nSPS) is 11.1. The van der Waals surface area contributed by atoms with Crippen molar-refractivity contribution in [2.45, 2.75) is 4.90 Å². The summed E-state index contributed by atoms with van der Waals surface area (Å²) in [6.07, 6.45) is 0. The number of halogens is 1. The molecule has 2 aromatic carbocycles. The summed E-state index contributed by atoms with van der Waals surface area (Å²) in [6, 6.07) is 10.2. The summed E-state index contributed by atoms with van der Waals surface area (Å²) >= 11 is 5.94. The summed E-state index contributed by atoms with van der Waals surface area (Å²) < 4.78 is 27.4.